The molecular weight excluding hydrogens is 520 g/mol. The van der Waals surface area contributed by atoms with E-state index in [0.29, 0.717) is 17.3 Å². The van der Waals surface area contributed by atoms with Crippen molar-refractivity contribution in [1.82, 2.24) is 15.0 Å². The number of aliphatic hydroxyl groups is 1. The molecule has 0 bridgehead atoms. The molecule has 1 saturated carbocycles. The summed E-state index contributed by atoms with van der Waals surface area (Å²) in [5.41, 5.74) is 3.76. The maximum atomic E-state index is 11.8. The highest BCUT2D eigenvalue weighted by Crippen LogP contribution is 2.44. The minimum Gasteiger partial charge on any atom is -0.478 e. The quantitative estimate of drug-likeness (QED) is 0.231. The van der Waals surface area contributed by atoms with Gasteiger partial charge in [-0.25, -0.2) is 19.7 Å². The molecule has 8 heteroatoms. The van der Waals surface area contributed by atoms with Gasteiger partial charge in [-0.1, -0.05) is 25.8 Å². The first-order chi connectivity index (χ1) is 19.3. The lowest BCUT2D eigenvalue weighted by atomic mass is 9.79. The van der Waals surface area contributed by atoms with Crippen molar-refractivity contribution in [3.63, 3.8) is 0 Å². The molecule has 3 heterocycles. The minimum absolute atomic E-state index is 0.236. The fraction of sp³-hybridized carbons (Fsp3) is 0.375. The number of nitrogens with zero attached hydrogens (tertiary/aromatic N) is 3. The molecule has 0 amide bonds. The Morgan fingerprint density at radius 2 is 1.88 bits per heavy atom. The molecule has 0 saturated heterocycles. The fourth-order valence-corrected chi connectivity index (χ4v) is 7.17. The van der Waals surface area contributed by atoms with Crippen molar-refractivity contribution in [2.24, 2.45) is 5.92 Å². The number of rotatable bonds is 6. The van der Waals surface area contributed by atoms with Gasteiger partial charge in [0.15, 0.2) is 0 Å². The van der Waals surface area contributed by atoms with E-state index in [1.54, 1.807) is 24.4 Å². The zero-order valence-corrected chi connectivity index (χ0v) is 23.7. The Kier molecular flexibility index (Phi) is 7.15. The van der Waals surface area contributed by atoms with Gasteiger partial charge in [0.05, 0.1) is 16.1 Å². The van der Waals surface area contributed by atoms with Crippen molar-refractivity contribution in [3.8, 4) is 10.6 Å². The lowest BCUT2D eigenvalue weighted by molar-refractivity contribution is 0.0607. The summed E-state index contributed by atoms with van der Waals surface area (Å²) in [5.74, 6) is 1.95. The van der Waals surface area contributed by atoms with Crippen LogP contribution in [-0.2, 0) is 12.0 Å². The predicted molar refractivity (Wildman–Crippen MR) is 157 cm³/mol. The highest BCUT2D eigenvalue weighted by molar-refractivity contribution is 7.15. The number of carboxylic acid groups (broad SMARTS) is 1. The largest absolute Gasteiger partial charge is 0.478 e. The number of fused-ring (bicyclic) bond motifs is 1. The molecule has 0 radical (unpaired) electrons. The van der Waals surface area contributed by atoms with Crippen molar-refractivity contribution in [2.75, 3.05) is 5.32 Å². The van der Waals surface area contributed by atoms with Gasteiger partial charge in [0.25, 0.3) is 0 Å². The maximum Gasteiger partial charge on any atom is 0.335 e. The standard InChI is InChI=1S/C32H34N4O3S/c1-19-5-7-21(8-6-19)22-11-13-33-28(17-22)36-29-15-20(2)14-26(35-29)27-18-34-31(40-27)32(39)12-3-4-23-16-24(30(37)38)9-10-25(23)32/h9-11,13-19,21,39H,3-8,12H2,1-2H3,(H,37,38)(H,33,35,36)/t19?,21?,32-/m1/s1. The Labute approximate surface area is 238 Å². The van der Waals surface area contributed by atoms with Gasteiger partial charge in [-0.05, 0) is 110 Å². The summed E-state index contributed by atoms with van der Waals surface area (Å²) in [6.45, 7) is 4.38. The van der Waals surface area contributed by atoms with E-state index in [0.717, 1.165) is 57.7 Å². The number of aromatic nitrogens is 3. The first-order valence-corrected chi connectivity index (χ1v) is 14.9. The summed E-state index contributed by atoms with van der Waals surface area (Å²) in [4.78, 5) is 26.4. The van der Waals surface area contributed by atoms with Gasteiger partial charge in [-0.2, -0.15) is 0 Å². The molecule has 0 aliphatic heterocycles. The van der Waals surface area contributed by atoms with Crippen molar-refractivity contribution >= 4 is 28.9 Å². The molecular formula is C32H34N4O3S. The van der Waals surface area contributed by atoms with E-state index in [-0.39, 0.29) is 5.56 Å². The smallest absolute Gasteiger partial charge is 0.335 e. The number of aromatic carboxylic acids is 1. The van der Waals surface area contributed by atoms with Gasteiger partial charge >= 0.3 is 5.97 Å². The number of carbonyl (C=O) groups is 1. The zero-order valence-electron chi connectivity index (χ0n) is 22.9. The van der Waals surface area contributed by atoms with Crippen LogP contribution in [0.5, 0.6) is 0 Å². The number of hydrogen-bond donors (Lipinski definition) is 3. The predicted octanol–water partition coefficient (Wildman–Crippen LogP) is 7.22. The van der Waals surface area contributed by atoms with Crippen molar-refractivity contribution < 1.29 is 15.0 Å². The molecule has 206 valence electrons. The average molecular weight is 555 g/mol. The van der Waals surface area contributed by atoms with Crippen LogP contribution in [0.15, 0.2) is 54.9 Å². The van der Waals surface area contributed by atoms with Gasteiger partial charge in [0.2, 0.25) is 0 Å². The van der Waals surface area contributed by atoms with Crippen LogP contribution in [0.1, 0.15) is 89.0 Å². The Balaban J connectivity index is 1.25. The van der Waals surface area contributed by atoms with E-state index in [2.05, 4.69) is 34.3 Å². The summed E-state index contributed by atoms with van der Waals surface area (Å²) in [6.07, 6.45) is 10.7. The molecule has 3 N–H and O–H groups in total. The van der Waals surface area contributed by atoms with Crippen LogP contribution < -0.4 is 5.32 Å². The SMILES string of the molecule is Cc1cc(Nc2cc(C3CCC(C)CC3)ccn2)nc(-c2cnc([C@@]3(O)CCCc4cc(C(=O)O)ccc43)s2)c1. The first kappa shape index (κ1) is 26.6. The van der Waals surface area contributed by atoms with E-state index < -0.39 is 11.6 Å². The molecule has 4 aromatic rings. The van der Waals surface area contributed by atoms with Gasteiger partial charge < -0.3 is 15.5 Å². The van der Waals surface area contributed by atoms with Gasteiger partial charge in [0, 0.05) is 12.4 Å². The molecule has 1 aromatic carbocycles. The van der Waals surface area contributed by atoms with E-state index >= 15 is 0 Å². The summed E-state index contributed by atoms with van der Waals surface area (Å²) in [6, 6.07) is 13.3. The minimum atomic E-state index is -1.25. The lowest BCUT2D eigenvalue weighted by Gasteiger charge is -2.33. The van der Waals surface area contributed by atoms with E-state index in [9.17, 15) is 15.0 Å². The summed E-state index contributed by atoms with van der Waals surface area (Å²) in [7, 11) is 0. The second kappa shape index (κ2) is 10.7. The molecule has 1 atom stereocenters. The molecule has 2 aliphatic rings. The first-order valence-electron chi connectivity index (χ1n) is 14.1. The van der Waals surface area contributed by atoms with Crippen LogP contribution in [0.4, 0.5) is 11.6 Å². The normalized spacial score (nSPS) is 22.5. The topological polar surface area (TPSA) is 108 Å². The second-order valence-electron chi connectivity index (χ2n) is 11.4. The van der Waals surface area contributed by atoms with Crippen molar-refractivity contribution in [2.45, 2.75) is 70.3 Å². The molecule has 2 aliphatic carbocycles. The van der Waals surface area contributed by atoms with Crippen molar-refractivity contribution in [3.05, 3.63) is 87.7 Å². The van der Waals surface area contributed by atoms with Gasteiger partial charge in [0.1, 0.15) is 22.2 Å². The van der Waals surface area contributed by atoms with Crippen LogP contribution in [0.25, 0.3) is 10.6 Å². The van der Waals surface area contributed by atoms with E-state index in [1.165, 1.54) is 42.6 Å². The number of thiazole rings is 1. The molecule has 40 heavy (non-hydrogen) atoms. The van der Waals surface area contributed by atoms with Crippen LogP contribution >= 0.6 is 11.3 Å². The highest BCUT2D eigenvalue weighted by atomic mass is 32.1. The fourth-order valence-electron chi connectivity index (χ4n) is 6.16. The highest BCUT2D eigenvalue weighted by Gasteiger charge is 2.39. The number of anilines is 2. The molecule has 3 aromatic heterocycles. The zero-order chi connectivity index (χ0) is 27.9. The Hall–Kier alpha value is -3.62. The number of aryl methyl sites for hydroxylation is 2. The van der Waals surface area contributed by atoms with Crippen LogP contribution in [0.2, 0.25) is 0 Å². The summed E-state index contributed by atoms with van der Waals surface area (Å²) >= 11 is 1.43. The number of nitrogens with one attached hydrogen (secondary N) is 1. The Morgan fingerprint density at radius 3 is 2.67 bits per heavy atom. The van der Waals surface area contributed by atoms with Crippen LogP contribution in [-0.4, -0.2) is 31.1 Å². The lowest BCUT2D eigenvalue weighted by Crippen LogP contribution is -2.32. The molecule has 6 rings (SSSR count). The summed E-state index contributed by atoms with van der Waals surface area (Å²) in [5, 5.41) is 25.2. The molecule has 0 spiro atoms. The number of carboxylic acids is 1. The van der Waals surface area contributed by atoms with Crippen LogP contribution in [0, 0.1) is 12.8 Å². The van der Waals surface area contributed by atoms with E-state index in [4.69, 9.17) is 4.98 Å². The van der Waals surface area contributed by atoms with E-state index in [1.807, 2.05) is 25.3 Å². The van der Waals surface area contributed by atoms with Gasteiger partial charge in [-0.3, -0.25) is 0 Å². The van der Waals surface area contributed by atoms with Crippen LogP contribution in [0.3, 0.4) is 0 Å². The molecule has 7 nitrogen and oxygen atoms in total. The third-order valence-corrected chi connectivity index (χ3v) is 9.56. The van der Waals surface area contributed by atoms with Crippen molar-refractivity contribution in [1.29, 1.82) is 0 Å². The molecule has 1 fully saturated rings. The monoisotopic (exact) mass is 554 g/mol. The maximum absolute atomic E-state index is 11.8. The third kappa shape index (κ3) is 5.25. The average Bonchev–Trinajstić information content (AvgIpc) is 3.45. The van der Waals surface area contributed by atoms with Gasteiger partial charge in [-0.15, -0.1) is 11.3 Å². The Morgan fingerprint density at radius 1 is 1.05 bits per heavy atom. The number of hydrogen-bond acceptors (Lipinski definition) is 7. The second-order valence-corrected chi connectivity index (χ2v) is 12.4. The summed E-state index contributed by atoms with van der Waals surface area (Å²) < 4.78 is 0. The number of pyridine rings is 2. The molecule has 0 unspecified atom stereocenters. The Bertz CT molecular complexity index is 1560. The third-order valence-electron chi connectivity index (χ3n) is 8.39. The number of benzene rings is 1.